The van der Waals surface area contributed by atoms with Crippen LogP contribution in [0.1, 0.15) is 15.9 Å². The highest BCUT2D eigenvalue weighted by Crippen LogP contribution is 2.34. The van der Waals surface area contributed by atoms with Crippen LogP contribution in [0.2, 0.25) is 0 Å². The Balaban J connectivity index is 1.95. The van der Waals surface area contributed by atoms with E-state index in [2.05, 4.69) is 16.4 Å². The fourth-order valence-corrected chi connectivity index (χ4v) is 4.72. The van der Waals surface area contributed by atoms with E-state index in [0.29, 0.717) is 22.3 Å². The van der Waals surface area contributed by atoms with Crippen LogP contribution >= 0.6 is 0 Å². The summed E-state index contributed by atoms with van der Waals surface area (Å²) >= 11 is 0. The Morgan fingerprint density at radius 2 is 1.74 bits per heavy atom. The zero-order chi connectivity index (χ0) is 22.0. The molecule has 0 fully saturated rings. The molecule has 0 radical (unpaired) electrons. The Morgan fingerprint density at radius 1 is 1.00 bits per heavy atom. The molecule has 1 amide bonds. The van der Waals surface area contributed by atoms with Crippen molar-refractivity contribution in [3.05, 3.63) is 90.1 Å². The van der Waals surface area contributed by atoms with Gasteiger partial charge in [-0.05, 0) is 36.4 Å². The summed E-state index contributed by atoms with van der Waals surface area (Å²) in [5.41, 5.74) is 7.14. The molecule has 0 aliphatic rings. The smallest absolute Gasteiger partial charge is 0.252 e. The third-order valence-corrected chi connectivity index (χ3v) is 6.53. The normalized spacial score (nSPS) is 11.1. The highest BCUT2D eigenvalue weighted by atomic mass is 32.2. The number of hydrogen-bond acceptors (Lipinski definition) is 6. The van der Waals surface area contributed by atoms with Crippen LogP contribution in [0.4, 0.5) is 11.4 Å². The molecule has 0 aliphatic carbocycles. The molecule has 3 aromatic carbocycles. The Labute approximate surface area is 178 Å². The first kappa shape index (κ1) is 20.1. The third-order valence-electron chi connectivity index (χ3n) is 4.73. The average Bonchev–Trinajstić information content (AvgIpc) is 2.79. The second-order valence-corrected chi connectivity index (χ2v) is 8.62. The molecule has 4 rings (SSSR count). The van der Waals surface area contributed by atoms with Gasteiger partial charge in [0, 0.05) is 17.3 Å². The van der Waals surface area contributed by atoms with Gasteiger partial charge in [0.15, 0.2) is 0 Å². The number of nitrogens with one attached hydrogen (secondary N) is 1. The predicted molar refractivity (Wildman–Crippen MR) is 117 cm³/mol. The lowest BCUT2D eigenvalue weighted by molar-refractivity contribution is 0.100. The molecule has 4 aromatic rings. The Morgan fingerprint density at radius 3 is 2.45 bits per heavy atom. The lowest BCUT2D eigenvalue weighted by Crippen LogP contribution is -2.14. The van der Waals surface area contributed by atoms with Gasteiger partial charge < -0.3 is 11.1 Å². The summed E-state index contributed by atoms with van der Waals surface area (Å²) in [5, 5.41) is 12.7. The maximum absolute atomic E-state index is 13.2. The van der Waals surface area contributed by atoms with E-state index in [1.165, 1.54) is 24.4 Å². The number of nitrogens with zero attached hydrogens (tertiary/aromatic N) is 2. The number of carbonyl (C=O) groups is 1. The SMILES string of the molecule is N#Cc1cccc(Nc2c(C(N)=O)cnc3c(S(=O)(=O)c4ccccc4)cccc23)c1. The maximum Gasteiger partial charge on any atom is 0.252 e. The molecule has 8 heteroatoms. The molecule has 0 spiro atoms. The van der Waals surface area contributed by atoms with Crippen molar-refractivity contribution in [1.29, 1.82) is 5.26 Å². The number of primary amides is 1. The van der Waals surface area contributed by atoms with Gasteiger partial charge in [-0.25, -0.2) is 8.42 Å². The number of nitrogens with two attached hydrogens (primary N) is 1. The minimum atomic E-state index is -3.85. The number of benzene rings is 3. The van der Waals surface area contributed by atoms with Crippen molar-refractivity contribution in [3.8, 4) is 6.07 Å². The zero-order valence-corrected chi connectivity index (χ0v) is 16.9. The number of amides is 1. The van der Waals surface area contributed by atoms with Gasteiger partial charge in [-0.1, -0.05) is 36.4 Å². The van der Waals surface area contributed by atoms with E-state index in [4.69, 9.17) is 11.0 Å². The number of anilines is 2. The number of nitriles is 1. The fourth-order valence-electron chi connectivity index (χ4n) is 3.27. The van der Waals surface area contributed by atoms with E-state index in [-0.39, 0.29) is 20.9 Å². The molecule has 7 nitrogen and oxygen atoms in total. The van der Waals surface area contributed by atoms with E-state index < -0.39 is 15.7 Å². The Kier molecular flexibility index (Phi) is 5.11. The standard InChI is InChI=1S/C23H16N4O3S/c24-13-15-6-4-7-16(12-15)27-21-18-10-5-11-20(22(18)26-14-19(21)23(25)28)31(29,30)17-8-2-1-3-9-17/h1-12,14H,(H2,25,28)(H,26,27). The number of rotatable bonds is 5. The first-order valence-corrected chi connectivity index (χ1v) is 10.7. The molecule has 3 N–H and O–H groups in total. The van der Waals surface area contributed by atoms with Crippen molar-refractivity contribution in [1.82, 2.24) is 4.98 Å². The summed E-state index contributed by atoms with van der Waals surface area (Å²) in [6.07, 6.45) is 1.26. The van der Waals surface area contributed by atoms with Crippen LogP contribution in [-0.2, 0) is 9.84 Å². The lowest BCUT2D eigenvalue weighted by atomic mass is 10.1. The third kappa shape index (κ3) is 3.70. The quantitative estimate of drug-likeness (QED) is 0.498. The van der Waals surface area contributed by atoms with Crippen LogP contribution in [0.5, 0.6) is 0 Å². The van der Waals surface area contributed by atoms with Crippen LogP contribution in [0.25, 0.3) is 10.9 Å². The van der Waals surface area contributed by atoms with E-state index in [1.807, 2.05) is 0 Å². The molecule has 1 aromatic heterocycles. The number of hydrogen-bond donors (Lipinski definition) is 2. The molecule has 0 saturated heterocycles. The second-order valence-electron chi connectivity index (χ2n) is 6.70. The summed E-state index contributed by atoms with van der Waals surface area (Å²) in [4.78, 5) is 16.5. The Bertz CT molecular complexity index is 1460. The van der Waals surface area contributed by atoms with Crippen molar-refractivity contribution in [2.45, 2.75) is 9.79 Å². The van der Waals surface area contributed by atoms with Gasteiger partial charge in [0.05, 0.1) is 38.2 Å². The van der Waals surface area contributed by atoms with Gasteiger partial charge in [0.25, 0.3) is 5.91 Å². The molecule has 0 unspecified atom stereocenters. The molecule has 0 aliphatic heterocycles. The van der Waals surface area contributed by atoms with Crippen LogP contribution in [-0.4, -0.2) is 19.3 Å². The molecule has 31 heavy (non-hydrogen) atoms. The van der Waals surface area contributed by atoms with Crippen molar-refractivity contribution in [2.75, 3.05) is 5.32 Å². The predicted octanol–water partition coefficient (Wildman–Crippen LogP) is 3.78. The van der Waals surface area contributed by atoms with Crippen molar-refractivity contribution >= 4 is 38.0 Å². The number of sulfone groups is 1. The first-order chi connectivity index (χ1) is 14.9. The monoisotopic (exact) mass is 428 g/mol. The first-order valence-electron chi connectivity index (χ1n) is 9.20. The van der Waals surface area contributed by atoms with E-state index in [1.54, 1.807) is 54.6 Å². The highest BCUT2D eigenvalue weighted by molar-refractivity contribution is 7.91. The highest BCUT2D eigenvalue weighted by Gasteiger charge is 2.23. The topological polar surface area (TPSA) is 126 Å². The number of carbonyl (C=O) groups excluding carboxylic acids is 1. The fraction of sp³-hybridized carbons (Fsp3) is 0. The maximum atomic E-state index is 13.2. The van der Waals surface area contributed by atoms with E-state index in [0.717, 1.165) is 0 Å². The van der Waals surface area contributed by atoms with Crippen molar-refractivity contribution < 1.29 is 13.2 Å². The Hall–Kier alpha value is -4.22. The second kappa shape index (κ2) is 7.89. The molecular weight excluding hydrogens is 412 g/mol. The molecule has 0 saturated carbocycles. The number of fused-ring (bicyclic) bond motifs is 1. The lowest BCUT2D eigenvalue weighted by Gasteiger charge is -2.15. The van der Waals surface area contributed by atoms with Crippen LogP contribution < -0.4 is 11.1 Å². The van der Waals surface area contributed by atoms with Crippen LogP contribution in [0.3, 0.4) is 0 Å². The largest absolute Gasteiger partial charge is 0.365 e. The van der Waals surface area contributed by atoms with Gasteiger partial charge in [0.2, 0.25) is 9.84 Å². The van der Waals surface area contributed by atoms with E-state index >= 15 is 0 Å². The van der Waals surface area contributed by atoms with Crippen molar-refractivity contribution in [2.24, 2.45) is 5.73 Å². The molecule has 1 heterocycles. The van der Waals surface area contributed by atoms with Gasteiger partial charge in [0.1, 0.15) is 0 Å². The zero-order valence-electron chi connectivity index (χ0n) is 16.1. The molecule has 152 valence electrons. The van der Waals surface area contributed by atoms with Crippen molar-refractivity contribution in [3.63, 3.8) is 0 Å². The molecule has 0 atom stereocenters. The minimum absolute atomic E-state index is 0.0149. The molecular formula is C23H16N4O3S. The van der Waals surface area contributed by atoms with E-state index in [9.17, 15) is 13.2 Å². The minimum Gasteiger partial charge on any atom is -0.365 e. The summed E-state index contributed by atoms with van der Waals surface area (Å²) in [7, 11) is -3.85. The van der Waals surface area contributed by atoms with Crippen LogP contribution in [0.15, 0.2) is 88.8 Å². The summed E-state index contributed by atoms with van der Waals surface area (Å²) in [6, 6.07) is 21.5. The van der Waals surface area contributed by atoms with Gasteiger partial charge in [-0.15, -0.1) is 0 Å². The van der Waals surface area contributed by atoms with Gasteiger partial charge in [-0.2, -0.15) is 5.26 Å². The number of aromatic nitrogens is 1. The summed E-state index contributed by atoms with van der Waals surface area (Å²) < 4.78 is 26.5. The van der Waals surface area contributed by atoms with Gasteiger partial charge >= 0.3 is 0 Å². The summed E-state index contributed by atoms with van der Waals surface area (Å²) in [5.74, 6) is -0.718. The molecule has 0 bridgehead atoms. The summed E-state index contributed by atoms with van der Waals surface area (Å²) in [6.45, 7) is 0. The number of pyridine rings is 1. The van der Waals surface area contributed by atoms with Gasteiger partial charge in [-0.3, -0.25) is 9.78 Å². The van der Waals surface area contributed by atoms with Crippen LogP contribution in [0, 0.1) is 11.3 Å². The average molecular weight is 428 g/mol. The number of para-hydroxylation sites is 1.